The van der Waals surface area contributed by atoms with E-state index in [0.717, 1.165) is 5.56 Å². The normalized spacial score (nSPS) is 10.6. The Bertz CT molecular complexity index is 1030. The number of carboxylic acid groups (broad SMARTS) is 1. The lowest BCUT2D eigenvalue weighted by molar-refractivity contribution is 0.0684. The summed E-state index contributed by atoms with van der Waals surface area (Å²) in [4.78, 5) is 24.5. The number of aryl methyl sites for hydroxylation is 2. The first kappa shape index (κ1) is 18.3. The summed E-state index contributed by atoms with van der Waals surface area (Å²) < 4.78 is 14.9. The molecule has 1 amide bonds. The minimum atomic E-state index is -1.23. The molecule has 1 aromatic heterocycles. The fourth-order valence-electron chi connectivity index (χ4n) is 2.84. The molecule has 3 aromatic rings. The van der Waals surface area contributed by atoms with E-state index in [-0.39, 0.29) is 23.6 Å². The number of halogens is 1. The molecule has 0 bridgehead atoms. The number of amides is 1. The van der Waals surface area contributed by atoms with Gasteiger partial charge in [-0.2, -0.15) is 5.10 Å². The van der Waals surface area contributed by atoms with Crippen molar-refractivity contribution in [3.63, 3.8) is 0 Å². The molecule has 0 fully saturated rings. The first-order valence-electron chi connectivity index (χ1n) is 8.38. The maximum absolute atomic E-state index is 13.7. The summed E-state index contributed by atoms with van der Waals surface area (Å²) in [7, 11) is 0. The molecule has 0 atom stereocenters. The van der Waals surface area contributed by atoms with Gasteiger partial charge in [-0.05, 0) is 38.1 Å². The number of benzene rings is 2. The first-order chi connectivity index (χ1) is 12.9. The van der Waals surface area contributed by atoms with E-state index in [1.807, 2.05) is 13.0 Å². The van der Waals surface area contributed by atoms with Crippen LogP contribution in [0.1, 0.15) is 33.3 Å². The topological polar surface area (TPSA) is 84.2 Å². The number of aromatic nitrogens is 2. The second-order valence-electron chi connectivity index (χ2n) is 6.03. The van der Waals surface area contributed by atoms with Crippen molar-refractivity contribution >= 4 is 17.6 Å². The van der Waals surface area contributed by atoms with E-state index < -0.39 is 17.7 Å². The molecule has 27 heavy (non-hydrogen) atoms. The van der Waals surface area contributed by atoms with E-state index in [1.54, 1.807) is 31.2 Å². The number of nitrogens with one attached hydrogen (secondary N) is 1. The average Bonchev–Trinajstić information content (AvgIpc) is 3.00. The molecular weight excluding hydrogens is 349 g/mol. The molecule has 0 spiro atoms. The van der Waals surface area contributed by atoms with Crippen molar-refractivity contribution < 1.29 is 19.1 Å². The number of carbonyl (C=O) groups is 2. The predicted octanol–water partition coefficient (Wildman–Crippen LogP) is 3.97. The minimum absolute atomic E-state index is 0.0430. The van der Waals surface area contributed by atoms with Crippen LogP contribution in [-0.2, 0) is 6.54 Å². The number of hydrogen-bond acceptors (Lipinski definition) is 3. The zero-order valence-corrected chi connectivity index (χ0v) is 14.9. The second-order valence-corrected chi connectivity index (χ2v) is 6.03. The molecule has 3 rings (SSSR count). The van der Waals surface area contributed by atoms with Crippen LogP contribution in [0.25, 0.3) is 11.3 Å². The Morgan fingerprint density at radius 2 is 1.93 bits per heavy atom. The molecule has 138 valence electrons. The maximum Gasteiger partial charge on any atom is 0.356 e. The molecule has 0 aliphatic carbocycles. The third kappa shape index (κ3) is 3.72. The van der Waals surface area contributed by atoms with Crippen LogP contribution in [0.2, 0.25) is 0 Å². The lowest BCUT2D eigenvalue weighted by atomic mass is 10.1. The quantitative estimate of drug-likeness (QED) is 0.715. The number of carboxylic acids is 1. The van der Waals surface area contributed by atoms with E-state index >= 15 is 0 Å². The molecule has 0 aliphatic heterocycles. The van der Waals surface area contributed by atoms with E-state index in [2.05, 4.69) is 10.4 Å². The molecule has 0 aliphatic rings. The fraction of sp³-hybridized carbons (Fsp3) is 0.150. The van der Waals surface area contributed by atoms with Gasteiger partial charge in [-0.15, -0.1) is 0 Å². The minimum Gasteiger partial charge on any atom is -0.476 e. The van der Waals surface area contributed by atoms with Crippen LogP contribution >= 0.6 is 0 Å². The average molecular weight is 367 g/mol. The Kier molecular flexibility index (Phi) is 5.03. The Morgan fingerprint density at radius 3 is 2.56 bits per heavy atom. The van der Waals surface area contributed by atoms with Crippen LogP contribution in [-0.4, -0.2) is 26.8 Å². The highest BCUT2D eigenvalue weighted by molar-refractivity contribution is 6.09. The summed E-state index contributed by atoms with van der Waals surface area (Å²) in [6.07, 6.45) is 0. The van der Waals surface area contributed by atoms with E-state index in [4.69, 9.17) is 0 Å². The van der Waals surface area contributed by atoms with Crippen molar-refractivity contribution in [2.24, 2.45) is 0 Å². The number of hydrogen-bond donors (Lipinski definition) is 2. The highest BCUT2D eigenvalue weighted by atomic mass is 19.1. The molecule has 0 radical (unpaired) electrons. The summed E-state index contributed by atoms with van der Waals surface area (Å²) in [5.41, 5.74) is 1.76. The molecule has 0 unspecified atom stereocenters. The van der Waals surface area contributed by atoms with Gasteiger partial charge in [0.25, 0.3) is 5.91 Å². The number of rotatable bonds is 5. The molecule has 2 aromatic carbocycles. The summed E-state index contributed by atoms with van der Waals surface area (Å²) in [5, 5.41) is 16.6. The number of aromatic carboxylic acids is 1. The highest BCUT2D eigenvalue weighted by Gasteiger charge is 2.25. The largest absolute Gasteiger partial charge is 0.476 e. The Labute approximate surface area is 155 Å². The standard InChI is InChI=1S/C20H18FN3O3/c1-3-24-18(20(26)27)17(16(23-24)13-7-5-9-15(21)11-13)22-19(25)14-8-4-6-12(2)10-14/h4-11H,3H2,1-2H3,(H,22,25)(H,26,27). The third-order valence-electron chi connectivity index (χ3n) is 4.07. The van der Waals surface area contributed by atoms with Crippen LogP contribution in [0, 0.1) is 12.7 Å². The van der Waals surface area contributed by atoms with Crippen molar-refractivity contribution in [1.29, 1.82) is 0 Å². The summed E-state index contributed by atoms with van der Waals surface area (Å²) in [5.74, 6) is -2.17. The van der Waals surface area contributed by atoms with Crippen molar-refractivity contribution in [2.45, 2.75) is 20.4 Å². The van der Waals surface area contributed by atoms with Crippen molar-refractivity contribution in [3.8, 4) is 11.3 Å². The van der Waals surface area contributed by atoms with Crippen molar-refractivity contribution in [1.82, 2.24) is 9.78 Å². The smallest absolute Gasteiger partial charge is 0.356 e. The summed E-state index contributed by atoms with van der Waals surface area (Å²) in [6, 6.07) is 12.6. The first-order valence-corrected chi connectivity index (χ1v) is 8.38. The van der Waals surface area contributed by atoms with Crippen LogP contribution in [0.15, 0.2) is 48.5 Å². The van der Waals surface area contributed by atoms with Crippen molar-refractivity contribution in [2.75, 3.05) is 5.32 Å². The highest BCUT2D eigenvalue weighted by Crippen LogP contribution is 2.31. The van der Waals surface area contributed by atoms with Gasteiger partial charge in [0.1, 0.15) is 17.2 Å². The van der Waals surface area contributed by atoms with Gasteiger partial charge in [0.2, 0.25) is 0 Å². The molecule has 2 N–H and O–H groups in total. The lowest BCUT2D eigenvalue weighted by Gasteiger charge is -2.08. The molecule has 0 saturated heterocycles. The maximum atomic E-state index is 13.7. The fourth-order valence-corrected chi connectivity index (χ4v) is 2.84. The van der Waals surface area contributed by atoms with Gasteiger partial charge >= 0.3 is 5.97 Å². The van der Waals surface area contributed by atoms with Crippen LogP contribution in [0.4, 0.5) is 10.1 Å². The summed E-state index contributed by atoms with van der Waals surface area (Å²) >= 11 is 0. The van der Waals surface area contributed by atoms with Gasteiger partial charge in [0.05, 0.1) is 0 Å². The van der Waals surface area contributed by atoms with Gasteiger partial charge < -0.3 is 10.4 Å². The Morgan fingerprint density at radius 1 is 1.19 bits per heavy atom. The van der Waals surface area contributed by atoms with E-state index in [1.165, 1.54) is 22.9 Å². The van der Waals surface area contributed by atoms with Crippen LogP contribution in [0.3, 0.4) is 0 Å². The van der Waals surface area contributed by atoms with Crippen LogP contribution in [0.5, 0.6) is 0 Å². The second kappa shape index (κ2) is 7.41. The van der Waals surface area contributed by atoms with E-state index in [0.29, 0.717) is 11.1 Å². The molecule has 1 heterocycles. The SMILES string of the molecule is CCn1nc(-c2cccc(F)c2)c(NC(=O)c2cccc(C)c2)c1C(=O)O. The molecular formula is C20H18FN3O3. The lowest BCUT2D eigenvalue weighted by Crippen LogP contribution is -2.16. The predicted molar refractivity (Wildman–Crippen MR) is 99.4 cm³/mol. The molecule has 0 saturated carbocycles. The van der Waals surface area contributed by atoms with Gasteiger partial charge in [0, 0.05) is 17.7 Å². The Hall–Kier alpha value is -3.48. The monoisotopic (exact) mass is 367 g/mol. The molecule has 7 heteroatoms. The van der Waals surface area contributed by atoms with Crippen LogP contribution < -0.4 is 5.32 Å². The van der Waals surface area contributed by atoms with Gasteiger partial charge in [0.15, 0.2) is 5.69 Å². The number of anilines is 1. The van der Waals surface area contributed by atoms with E-state index in [9.17, 15) is 19.1 Å². The van der Waals surface area contributed by atoms with Gasteiger partial charge in [-0.3, -0.25) is 9.48 Å². The van der Waals surface area contributed by atoms with Crippen molar-refractivity contribution in [3.05, 3.63) is 71.2 Å². The number of carbonyl (C=O) groups excluding carboxylic acids is 1. The molecule has 6 nitrogen and oxygen atoms in total. The third-order valence-corrected chi connectivity index (χ3v) is 4.07. The number of nitrogens with zero attached hydrogens (tertiary/aromatic N) is 2. The van der Waals surface area contributed by atoms with Gasteiger partial charge in [-0.25, -0.2) is 9.18 Å². The Balaban J connectivity index is 2.13. The zero-order valence-electron chi connectivity index (χ0n) is 14.9. The van der Waals surface area contributed by atoms with Gasteiger partial charge in [-0.1, -0.05) is 29.8 Å². The summed E-state index contributed by atoms with van der Waals surface area (Å²) in [6.45, 7) is 3.87. The zero-order chi connectivity index (χ0) is 19.6.